The number of carbonyl (C=O) groups is 1. The molecule has 1 fully saturated rings. The molecule has 18 heavy (non-hydrogen) atoms. The first kappa shape index (κ1) is 13.4. The van der Waals surface area contributed by atoms with Gasteiger partial charge in [0.15, 0.2) is 0 Å². The van der Waals surface area contributed by atoms with Crippen LogP contribution in [-0.4, -0.2) is 23.2 Å². The van der Waals surface area contributed by atoms with Gasteiger partial charge in [-0.25, -0.2) is 0 Å². The van der Waals surface area contributed by atoms with Gasteiger partial charge in [-0.1, -0.05) is 15.9 Å². The zero-order valence-electron chi connectivity index (χ0n) is 10.0. The van der Waals surface area contributed by atoms with Gasteiger partial charge in [0.25, 0.3) is 5.91 Å². The highest BCUT2D eigenvalue weighted by Gasteiger charge is 2.20. The molecule has 5 heteroatoms. The Balaban J connectivity index is 2.12. The van der Waals surface area contributed by atoms with Crippen molar-refractivity contribution in [3.05, 3.63) is 28.2 Å². The first-order valence-corrected chi connectivity index (χ1v) is 6.89. The second kappa shape index (κ2) is 5.71. The third-order valence-electron chi connectivity index (χ3n) is 3.30. The maximum absolute atomic E-state index is 11.4. The number of nitrogens with one attached hydrogen (secondary N) is 1. The van der Waals surface area contributed by atoms with E-state index < -0.39 is 5.91 Å². The molecule has 0 aliphatic heterocycles. The summed E-state index contributed by atoms with van der Waals surface area (Å²) in [6.45, 7) is 0. The average Bonchev–Trinajstić information content (AvgIpc) is 2.32. The highest BCUT2D eigenvalue weighted by molar-refractivity contribution is 9.10. The number of anilines is 1. The Kier molecular flexibility index (Phi) is 4.24. The highest BCUT2D eigenvalue weighted by atomic mass is 79.9. The number of primary amides is 1. The molecule has 0 spiro atoms. The third kappa shape index (κ3) is 3.23. The van der Waals surface area contributed by atoms with Crippen LogP contribution in [0.25, 0.3) is 0 Å². The first-order chi connectivity index (χ1) is 8.56. The van der Waals surface area contributed by atoms with Crippen molar-refractivity contribution in [2.45, 2.75) is 37.8 Å². The fourth-order valence-electron chi connectivity index (χ4n) is 2.29. The highest BCUT2D eigenvalue weighted by Crippen LogP contribution is 2.26. The summed E-state index contributed by atoms with van der Waals surface area (Å²) >= 11 is 3.39. The maximum atomic E-state index is 11.4. The zero-order valence-corrected chi connectivity index (χ0v) is 11.6. The number of benzene rings is 1. The van der Waals surface area contributed by atoms with Gasteiger partial charge in [-0.05, 0) is 43.9 Å². The van der Waals surface area contributed by atoms with Crippen molar-refractivity contribution in [3.8, 4) is 0 Å². The Morgan fingerprint density at radius 1 is 1.33 bits per heavy atom. The van der Waals surface area contributed by atoms with Gasteiger partial charge in [-0.3, -0.25) is 4.79 Å². The van der Waals surface area contributed by atoms with E-state index in [4.69, 9.17) is 5.73 Å². The van der Waals surface area contributed by atoms with E-state index in [1.807, 2.05) is 6.07 Å². The molecule has 1 aliphatic rings. The average molecular weight is 313 g/mol. The summed E-state index contributed by atoms with van der Waals surface area (Å²) in [5.41, 5.74) is 6.62. The van der Waals surface area contributed by atoms with Crippen molar-refractivity contribution in [2.75, 3.05) is 5.32 Å². The van der Waals surface area contributed by atoms with Crippen LogP contribution >= 0.6 is 15.9 Å². The molecule has 4 nitrogen and oxygen atoms in total. The lowest BCUT2D eigenvalue weighted by molar-refractivity contribution is 0.100. The second-order valence-corrected chi connectivity index (χ2v) is 5.62. The van der Waals surface area contributed by atoms with Gasteiger partial charge in [0.2, 0.25) is 0 Å². The SMILES string of the molecule is NC(=O)c1ccc(Br)cc1N[C@H]1CC[C@H](O)CC1. The van der Waals surface area contributed by atoms with Crippen LogP contribution in [-0.2, 0) is 0 Å². The Bertz CT molecular complexity index is 443. The summed E-state index contributed by atoms with van der Waals surface area (Å²) in [6.07, 6.45) is 3.24. The van der Waals surface area contributed by atoms with E-state index in [0.29, 0.717) is 11.6 Å². The maximum Gasteiger partial charge on any atom is 0.250 e. The summed E-state index contributed by atoms with van der Waals surface area (Å²) < 4.78 is 0.908. The Morgan fingerprint density at radius 3 is 2.61 bits per heavy atom. The van der Waals surface area contributed by atoms with E-state index in [1.54, 1.807) is 12.1 Å². The summed E-state index contributed by atoms with van der Waals surface area (Å²) in [4.78, 5) is 11.4. The van der Waals surface area contributed by atoms with Crippen LogP contribution in [0.1, 0.15) is 36.0 Å². The van der Waals surface area contributed by atoms with Crippen LogP contribution in [0.4, 0.5) is 5.69 Å². The molecule has 0 heterocycles. The molecule has 1 amide bonds. The standard InChI is InChI=1S/C13H17BrN2O2/c14-8-1-6-11(13(15)18)12(7-8)16-9-2-4-10(17)5-3-9/h1,6-7,9-10,16-17H,2-5H2,(H2,15,18)/t9-,10-. The smallest absolute Gasteiger partial charge is 0.250 e. The summed E-state index contributed by atoms with van der Waals surface area (Å²) in [5.74, 6) is -0.430. The molecule has 1 saturated carbocycles. The van der Waals surface area contributed by atoms with Crippen LogP contribution in [0, 0.1) is 0 Å². The molecule has 1 aliphatic carbocycles. The van der Waals surface area contributed by atoms with E-state index in [2.05, 4.69) is 21.2 Å². The van der Waals surface area contributed by atoms with Gasteiger partial charge in [0.05, 0.1) is 11.7 Å². The molecule has 0 atom stereocenters. The van der Waals surface area contributed by atoms with Crippen LogP contribution in [0.15, 0.2) is 22.7 Å². The van der Waals surface area contributed by atoms with E-state index in [9.17, 15) is 9.90 Å². The quantitative estimate of drug-likeness (QED) is 0.801. The monoisotopic (exact) mass is 312 g/mol. The number of hydrogen-bond acceptors (Lipinski definition) is 3. The van der Waals surface area contributed by atoms with Gasteiger partial charge in [0.1, 0.15) is 0 Å². The Hall–Kier alpha value is -1.07. The number of nitrogens with two attached hydrogens (primary N) is 1. The van der Waals surface area contributed by atoms with Crippen molar-refractivity contribution in [2.24, 2.45) is 5.73 Å². The number of aliphatic hydroxyl groups excluding tert-OH is 1. The summed E-state index contributed by atoms with van der Waals surface area (Å²) in [5, 5.41) is 12.8. The third-order valence-corrected chi connectivity index (χ3v) is 3.80. The lowest BCUT2D eigenvalue weighted by Crippen LogP contribution is -2.29. The lowest BCUT2D eigenvalue weighted by Gasteiger charge is -2.27. The molecule has 98 valence electrons. The van der Waals surface area contributed by atoms with E-state index in [0.717, 1.165) is 35.8 Å². The number of amides is 1. The number of rotatable bonds is 3. The first-order valence-electron chi connectivity index (χ1n) is 6.10. The lowest BCUT2D eigenvalue weighted by atomic mass is 9.93. The molecule has 1 aromatic rings. The molecule has 0 bridgehead atoms. The number of halogens is 1. The predicted octanol–water partition coefficient (Wildman–Crippen LogP) is 2.26. The van der Waals surface area contributed by atoms with Gasteiger partial charge in [-0.2, -0.15) is 0 Å². The van der Waals surface area contributed by atoms with Crippen molar-refractivity contribution < 1.29 is 9.90 Å². The molecule has 1 aromatic carbocycles. The van der Waals surface area contributed by atoms with Gasteiger partial charge in [-0.15, -0.1) is 0 Å². The molecular weight excluding hydrogens is 296 g/mol. The van der Waals surface area contributed by atoms with Crippen molar-refractivity contribution in [1.29, 1.82) is 0 Å². The van der Waals surface area contributed by atoms with E-state index in [-0.39, 0.29) is 6.10 Å². The predicted molar refractivity (Wildman–Crippen MR) is 74.5 cm³/mol. The number of carbonyl (C=O) groups excluding carboxylic acids is 1. The van der Waals surface area contributed by atoms with Crippen molar-refractivity contribution in [1.82, 2.24) is 0 Å². The molecule has 2 rings (SSSR count). The van der Waals surface area contributed by atoms with Crippen molar-refractivity contribution >= 4 is 27.5 Å². The van der Waals surface area contributed by atoms with Crippen LogP contribution < -0.4 is 11.1 Å². The van der Waals surface area contributed by atoms with Crippen LogP contribution in [0.3, 0.4) is 0 Å². The van der Waals surface area contributed by atoms with Gasteiger partial charge < -0.3 is 16.2 Å². The fraction of sp³-hybridized carbons (Fsp3) is 0.462. The summed E-state index contributed by atoms with van der Waals surface area (Å²) in [7, 11) is 0. The fourth-order valence-corrected chi connectivity index (χ4v) is 2.65. The molecule has 0 radical (unpaired) electrons. The Labute approximate surface area is 115 Å². The molecule has 0 unspecified atom stereocenters. The minimum Gasteiger partial charge on any atom is -0.393 e. The van der Waals surface area contributed by atoms with Crippen LogP contribution in [0.5, 0.6) is 0 Å². The molecule has 0 aromatic heterocycles. The molecule has 4 N–H and O–H groups in total. The topological polar surface area (TPSA) is 75.4 Å². The molecular formula is C13H17BrN2O2. The van der Waals surface area contributed by atoms with Gasteiger partial charge in [0, 0.05) is 16.2 Å². The minimum absolute atomic E-state index is 0.179. The molecule has 0 saturated heterocycles. The zero-order chi connectivity index (χ0) is 13.1. The number of hydrogen-bond donors (Lipinski definition) is 3. The van der Waals surface area contributed by atoms with Gasteiger partial charge >= 0.3 is 0 Å². The van der Waals surface area contributed by atoms with Crippen LogP contribution in [0.2, 0.25) is 0 Å². The Morgan fingerprint density at radius 2 is 2.00 bits per heavy atom. The second-order valence-electron chi connectivity index (χ2n) is 4.70. The summed E-state index contributed by atoms with van der Waals surface area (Å²) in [6, 6.07) is 5.67. The van der Waals surface area contributed by atoms with E-state index >= 15 is 0 Å². The van der Waals surface area contributed by atoms with Crippen molar-refractivity contribution in [3.63, 3.8) is 0 Å². The normalized spacial score (nSPS) is 23.7. The minimum atomic E-state index is -0.430. The largest absolute Gasteiger partial charge is 0.393 e. The van der Waals surface area contributed by atoms with E-state index in [1.165, 1.54) is 0 Å². The number of aliphatic hydroxyl groups is 1.